The summed E-state index contributed by atoms with van der Waals surface area (Å²) in [6.07, 6.45) is 5.39. The van der Waals surface area contributed by atoms with Crippen LogP contribution >= 0.6 is 0 Å². The van der Waals surface area contributed by atoms with Crippen LogP contribution in [0.3, 0.4) is 0 Å². The fourth-order valence-electron chi connectivity index (χ4n) is 3.56. The van der Waals surface area contributed by atoms with E-state index in [0.29, 0.717) is 24.5 Å². The number of rotatable bonds is 2. The average molecular weight is 358 g/mol. The van der Waals surface area contributed by atoms with Gasteiger partial charge in [0.15, 0.2) is 5.82 Å². The van der Waals surface area contributed by atoms with E-state index in [1.807, 2.05) is 75.8 Å². The fraction of sp³-hybridized carbons (Fsp3) is 0.200. The molecule has 0 fully saturated rings. The van der Waals surface area contributed by atoms with Crippen LogP contribution in [0.2, 0.25) is 0 Å². The van der Waals surface area contributed by atoms with Crippen LogP contribution < -0.4 is 0 Å². The molecule has 0 N–H and O–H groups in total. The number of nitrogens with zero attached hydrogens (tertiary/aromatic N) is 6. The lowest BCUT2D eigenvalue weighted by atomic mass is 10.1. The van der Waals surface area contributed by atoms with Gasteiger partial charge in [-0.25, -0.2) is 14.6 Å². The Kier molecular flexibility index (Phi) is 3.53. The number of carbonyl (C=O) groups excluding carboxylic acids is 1. The van der Waals surface area contributed by atoms with Crippen LogP contribution in [0.5, 0.6) is 0 Å². The zero-order valence-corrected chi connectivity index (χ0v) is 14.9. The van der Waals surface area contributed by atoms with Gasteiger partial charge in [0.05, 0.1) is 18.2 Å². The first-order valence-corrected chi connectivity index (χ1v) is 8.94. The molecule has 1 aliphatic heterocycles. The molecule has 0 bridgehead atoms. The summed E-state index contributed by atoms with van der Waals surface area (Å²) in [6.45, 7) is 3.24. The molecule has 1 aliphatic rings. The fourth-order valence-corrected chi connectivity index (χ4v) is 3.56. The third-order valence-electron chi connectivity index (χ3n) is 5.02. The highest BCUT2D eigenvalue weighted by Gasteiger charge is 2.31. The minimum Gasteiger partial charge on any atom is -0.327 e. The smallest absolute Gasteiger partial charge is 0.256 e. The lowest BCUT2D eigenvalue weighted by Gasteiger charge is -2.33. The van der Waals surface area contributed by atoms with Gasteiger partial charge in [-0.3, -0.25) is 4.79 Å². The summed E-state index contributed by atoms with van der Waals surface area (Å²) < 4.78 is 3.77. The first-order valence-electron chi connectivity index (χ1n) is 8.94. The molecule has 7 nitrogen and oxygen atoms in total. The highest BCUT2D eigenvalue weighted by molar-refractivity contribution is 5.94. The van der Waals surface area contributed by atoms with Crippen molar-refractivity contribution in [2.24, 2.45) is 0 Å². The molecular weight excluding hydrogens is 340 g/mol. The maximum atomic E-state index is 13.1. The third-order valence-corrected chi connectivity index (χ3v) is 5.02. The van der Waals surface area contributed by atoms with Crippen LogP contribution in [0, 0.1) is 0 Å². The quantitative estimate of drug-likeness (QED) is 0.553. The van der Waals surface area contributed by atoms with Crippen LogP contribution in [-0.4, -0.2) is 41.5 Å². The van der Waals surface area contributed by atoms with E-state index in [4.69, 9.17) is 4.98 Å². The van der Waals surface area contributed by atoms with E-state index in [-0.39, 0.29) is 11.9 Å². The molecule has 1 amide bonds. The number of hydrogen-bond donors (Lipinski definition) is 0. The molecule has 7 heteroatoms. The lowest BCUT2D eigenvalue weighted by Crippen LogP contribution is -2.41. The minimum absolute atomic E-state index is 0.00592. The van der Waals surface area contributed by atoms with Crippen molar-refractivity contribution in [3.8, 4) is 11.4 Å². The lowest BCUT2D eigenvalue weighted by molar-refractivity contribution is 0.0630. The molecule has 0 radical (unpaired) electrons. The first kappa shape index (κ1) is 15.7. The molecule has 1 atom stereocenters. The predicted molar refractivity (Wildman–Crippen MR) is 100 cm³/mol. The zero-order chi connectivity index (χ0) is 18.4. The predicted octanol–water partition coefficient (Wildman–Crippen LogP) is 2.81. The second-order valence-corrected chi connectivity index (χ2v) is 6.67. The summed E-state index contributed by atoms with van der Waals surface area (Å²) in [7, 11) is 0. The number of aromatic nitrogens is 5. The van der Waals surface area contributed by atoms with Crippen molar-refractivity contribution >= 4 is 11.6 Å². The maximum absolute atomic E-state index is 13.1. The molecule has 4 heterocycles. The summed E-state index contributed by atoms with van der Waals surface area (Å²) in [4.78, 5) is 23.9. The summed E-state index contributed by atoms with van der Waals surface area (Å²) in [6, 6.07) is 13.4. The number of hydrogen-bond acceptors (Lipinski definition) is 4. The monoisotopic (exact) mass is 358 g/mol. The summed E-state index contributed by atoms with van der Waals surface area (Å²) in [5.41, 5.74) is 2.45. The molecule has 27 heavy (non-hydrogen) atoms. The van der Waals surface area contributed by atoms with E-state index < -0.39 is 0 Å². The van der Waals surface area contributed by atoms with Crippen LogP contribution in [0.15, 0.2) is 61.1 Å². The van der Waals surface area contributed by atoms with Crippen molar-refractivity contribution in [1.82, 2.24) is 29.0 Å². The van der Waals surface area contributed by atoms with Gasteiger partial charge in [-0.1, -0.05) is 30.3 Å². The van der Waals surface area contributed by atoms with Crippen LogP contribution in [0.25, 0.3) is 17.0 Å². The van der Waals surface area contributed by atoms with Gasteiger partial charge in [0.25, 0.3) is 5.91 Å². The number of imidazole rings is 1. The summed E-state index contributed by atoms with van der Waals surface area (Å²) in [5, 5.41) is 4.63. The van der Waals surface area contributed by atoms with E-state index in [9.17, 15) is 4.79 Å². The van der Waals surface area contributed by atoms with Crippen molar-refractivity contribution in [3.63, 3.8) is 0 Å². The van der Waals surface area contributed by atoms with Crippen molar-refractivity contribution in [3.05, 3.63) is 72.4 Å². The Morgan fingerprint density at radius 2 is 1.96 bits per heavy atom. The van der Waals surface area contributed by atoms with Gasteiger partial charge in [0.1, 0.15) is 11.5 Å². The molecule has 1 aromatic carbocycles. The highest BCUT2D eigenvalue weighted by Crippen LogP contribution is 2.27. The van der Waals surface area contributed by atoms with Crippen molar-refractivity contribution in [1.29, 1.82) is 0 Å². The molecule has 0 spiro atoms. The largest absolute Gasteiger partial charge is 0.327 e. The topological polar surface area (TPSA) is 68.3 Å². The molecule has 4 aromatic rings. The second kappa shape index (κ2) is 6.05. The van der Waals surface area contributed by atoms with Crippen LogP contribution in [-0.2, 0) is 6.54 Å². The molecule has 3 aromatic heterocycles. The van der Waals surface area contributed by atoms with Gasteiger partial charge in [-0.2, -0.15) is 5.10 Å². The van der Waals surface area contributed by atoms with E-state index in [1.165, 1.54) is 0 Å². The molecule has 0 saturated carbocycles. The highest BCUT2D eigenvalue weighted by atomic mass is 16.2. The Labute approximate surface area is 155 Å². The molecule has 134 valence electrons. The zero-order valence-electron chi connectivity index (χ0n) is 14.9. The Hall–Kier alpha value is -3.48. The van der Waals surface area contributed by atoms with E-state index in [1.54, 1.807) is 6.20 Å². The first-order chi connectivity index (χ1) is 13.2. The van der Waals surface area contributed by atoms with Crippen LogP contribution in [0.4, 0.5) is 0 Å². The Morgan fingerprint density at radius 1 is 1.11 bits per heavy atom. The van der Waals surface area contributed by atoms with Gasteiger partial charge in [0.2, 0.25) is 0 Å². The van der Waals surface area contributed by atoms with Crippen molar-refractivity contribution in [2.45, 2.75) is 19.5 Å². The third kappa shape index (κ3) is 2.59. The normalized spacial score (nSPS) is 16.5. The number of carbonyl (C=O) groups is 1. The molecule has 0 unspecified atom stereocenters. The average Bonchev–Trinajstić information content (AvgIpc) is 3.35. The van der Waals surface area contributed by atoms with Crippen molar-refractivity contribution < 1.29 is 4.79 Å². The van der Waals surface area contributed by atoms with Gasteiger partial charge in [0, 0.05) is 30.7 Å². The summed E-state index contributed by atoms with van der Waals surface area (Å²) >= 11 is 0. The van der Waals surface area contributed by atoms with Gasteiger partial charge in [-0.05, 0) is 19.1 Å². The van der Waals surface area contributed by atoms with Crippen LogP contribution in [0.1, 0.15) is 29.1 Å². The molecule has 0 aliphatic carbocycles. The number of benzene rings is 1. The SMILES string of the molecule is C[C@H]1c2nc(-c3ccccc3)nn2CCN1C(=O)c1ccc2nccn2c1. The van der Waals surface area contributed by atoms with E-state index >= 15 is 0 Å². The molecule has 0 saturated heterocycles. The molecule has 5 rings (SSSR count). The maximum Gasteiger partial charge on any atom is 0.256 e. The van der Waals surface area contributed by atoms with E-state index in [0.717, 1.165) is 17.0 Å². The number of pyridine rings is 1. The Morgan fingerprint density at radius 3 is 2.81 bits per heavy atom. The Bertz CT molecular complexity index is 1130. The van der Waals surface area contributed by atoms with E-state index in [2.05, 4.69) is 10.1 Å². The van der Waals surface area contributed by atoms with Gasteiger partial charge in [-0.15, -0.1) is 0 Å². The number of fused-ring (bicyclic) bond motifs is 2. The minimum atomic E-state index is -0.144. The summed E-state index contributed by atoms with van der Waals surface area (Å²) in [5.74, 6) is 1.51. The van der Waals surface area contributed by atoms with Gasteiger partial charge >= 0.3 is 0 Å². The van der Waals surface area contributed by atoms with Gasteiger partial charge < -0.3 is 9.30 Å². The number of amides is 1. The second-order valence-electron chi connectivity index (χ2n) is 6.67. The standard InChI is InChI=1S/C20H18N6O/c1-14-19-22-18(15-5-3-2-4-6-15)23-26(19)12-11-25(14)20(27)16-7-8-17-21-9-10-24(17)13-16/h2-10,13-14H,11-12H2,1H3/t14-/m0/s1. The van der Waals surface area contributed by atoms with Crippen molar-refractivity contribution in [2.75, 3.05) is 6.54 Å². The molecular formula is C20H18N6O. The Balaban J connectivity index is 1.46.